The standard InChI is InChI=1S/C11H16F3NO5/c1-18-9(16)7(15-10(17)11(12,13)14)6-20-8-4-2-3-5-19-8/h7-8H,2-6H2,1H3,(H,15,17)/t7-,8?/m0/s1. The summed E-state index contributed by atoms with van der Waals surface area (Å²) >= 11 is 0. The molecule has 0 aromatic heterocycles. The van der Waals surface area contributed by atoms with Gasteiger partial charge in [-0.25, -0.2) is 4.79 Å². The van der Waals surface area contributed by atoms with Crippen LogP contribution in [0.4, 0.5) is 13.2 Å². The Labute approximate surface area is 113 Å². The summed E-state index contributed by atoms with van der Waals surface area (Å²) in [5.74, 6) is -3.24. The van der Waals surface area contributed by atoms with Crippen molar-refractivity contribution in [3.8, 4) is 0 Å². The van der Waals surface area contributed by atoms with Gasteiger partial charge < -0.3 is 19.5 Å². The minimum absolute atomic E-state index is 0.445. The molecule has 1 aliphatic rings. The maximum absolute atomic E-state index is 12.1. The molecule has 1 amide bonds. The van der Waals surface area contributed by atoms with Gasteiger partial charge in [0.1, 0.15) is 0 Å². The predicted octanol–water partition coefficient (Wildman–Crippen LogP) is 0.750. The quantitative estimate of drug-likeness (QED) is 0.758. The largest absolute Gasteiger partial charge is 0.471 e. The average molecular weight is 299 g/mol. The first-order valence-corrected chi connectivity index (χ1v) is 6.03. The first-order chi connectivity index (χ1) is 9.34. The molecule has 20 heavy (non-hydrogen) atoms. The van der Waals surface area contributed by atoms with Gasteiger partial charge in [-0.1, -0.05) is 0 Å². The lowest BCUT2D eigenvalue weighted by molar-refractivity contribution is -0.183. The van der Waals surface area contributed by atoms with E-state index in [0.717, 1.165) is 20.0 Å². The smallest absolute Gasteiger partial charge is 0.467 e. The fraction of sp³-hybridized carbons (Fsp3) is 0.818. The van der Waals surface area contributed by atoms with Crippen LogP contribution in [0.5, 0.6) is 0 Å². The zero-order chi connectivity index (χ0) is 15.2. The Balaban J connectivity index is 2.51. The summed E-state index contributed by atoms with van der Waals surface area (Å²) in [6, 6.07) is -1.53. The number of hydrogen-bond donors (Lipinski definition) is 1. The van der Waals surface area contributed by atoms with Crippen LogP contribution in [0, 0.1) is 0 Å². The molecule has 0 aromatic carbocycles. The van der Waals surface area contributed by atoms with Gasteiger partial charge in [-0.3, -0.25) is 4.79 Å². The number of rotatable bonds is 5. The van der Waals surface area contributed by atoms with E-state index in [2.05, 4.69) is 4.74 Å². The second-order valence-corrected chi connectivity index (χ2v) is 4.18. The molecule has 0 radical (unpaired) electrons. The highest BCUT2D eigenvalue weighted by molar-refractivity contribution is 5.87. The Morgan fingerprint density at radius 3 is 2.60 bits per heavy atom. The average Bonchev–Trinajstić information content (AvgIpc) is 2.42. The van der Waals surface area contributed by atoms with Crippen LogP contribution >= 0.6 is 0 Å². The number of carbonyl (C=O) groups is 2. The summed E-state index contributed by atoms with van der Waals surface area (Å²) in [6.45, 7) is 0.0433. The van der Waals surface area contributed by atoms with Crippen molar-refractivity contribution in [2.75, 3.05) is 20.3 Å². The molecule has 1 N–H and O–H groups in total. The Kier molecular flexibility index (Phi) is 6.21. The van der Waals surface area contributed by atoms with Gasteiger partial charge in [0.25, 0.3) is 0 Å². The van der Waals surface area contributed by atoms with Crippen LogP contribution < -0.4 is 5.32 Å². The van der Waals surface area contributed by atoms with E-state index in [4.69, 9.17) is 9.47 Å². The van der Waals surface area contributed by atoms with Gasteiger partial charge in [0.05, 0.1) is 13.7 Å². The highest BCUT2D eigenvalue weighted by atomic mass is 19.4. The minimum atomic E-state index is -5.08. The molecular formula is C11H16F3NO5. The number of ether oxygens (including phenoxy) is 3. The van der Waals surface area contributed by atoms with Crippen LogP contribution in [0.25, 0.3) is 0 Å². The summed E-state index contributed by atoms with van der Waals surface area (Å²) in [6.07, 6.45) is -3.33. The SMILES string of the molecule is COC(=O)[C@H](COC1CCCCO1)NC(=O)C(F)(F)F. The van der Waals surface area contributed by atoms with Crippen LogP contribution in [0.1, 0.15) is 19.3 Å². The Morgan fingerprint density at radius 2 is 2.10 bits per heavy atom. The normalized spacial score (nSPS) is 21.1. The molecule has 116 valence electrons. The Hall–Kier alpha value is -1.35. The Morgan fingerprint density at radius 1 is 1.40 bits per heavy atom. The van der Waals surface area contributed by atoms with Gasteiger partial charge in [-0.2, -0.15) is 13.2 Å². The van der Waals surface area contributed by atoms with E-state index in [1.165, 1.54) is 5.32 Å². The third-order valence-corrected chi connectivity index (χ3v) is 2.64. The molecule has 0 aromatic rings. The van der Waals surface area contributed by atoms with Gasteiger partial charge in [0.15, 0.2) is 12.3 Å². The molecule has 6 nitrogen and oxygen atoms in total. The summed E-state index contributed by atoms with van der Waals surface area (Å²) in [7, 11) is 1.01. The van der Waals surface area contributed by atoms with E-state index in [9.17, 15) is 22.8 Å². The minimum Gasteiger partial charge on any atom is -0.467 e. The van der Waals surface area contributed by atoms with Crippen molar-refractivity contribution in [2.45, 2.75) is 37.8 Å². The van der Waals surface area contributed by atoms with Crippen LogP contribution in [-0.2, 0) is 23.8 Å². The molecule has 0 aliphatic carbocycles. The van der Waals surface area contributed by atoms with Crippen LogP contribution in [0.2, 0.25) is 0 Å². The summed E-state index contributed by atoms with van der Waals surface area (Å²) in [5, 5.41) is 1.53. The number of methoxy groups -OCH3 is 1. The first-order valence-electron chi connectivity index (χ1n) is 6.03. The van der Waals surface area contributed by atoms with Crippen molar-refractivity contribution in [3.63, 3.8) is 0 Å². The molecule has 1 saturated heterocycles. The fourth-order valence-electron chi connectivity index (χ4n) is 1.60. The van der Waals surface area contributed by atoms with E-state index in [0.29, 0.717) is 13.0 Å². The number of alkyl halides is 3. The second kappa shape index (κ2) is 7.44. The van der Waals surface area contributed by atoms with E-state index in [1.54, 1.807) is 0 Å². The lowest BCUT2D eigenvalue weighted by Crippen LogP contribution is -2.50. The summed E-state index contributed by atoms with van der Waals surface area (Å²) < 4.78 is 51.1. The molecule has 1 fully saturated rings. The third kappa shape index (κ3) is 5.33. The number of nitrogens with one attached hydrogen (secondary N) is 1. The van der Waals surface area contributed by atoms with E-state index >= 15 is 0 Å². The molecule has 0 saturated carbocycles. The topological polar surface area (TPSA) is 73.9 Å². The number of esters is 1. The predicted molar refractivity (Wildman–Crippen MR) is 59.5 cm³/mol. The zero-order valence-corrected chi connectivity index (χ0v) is 10.9. The van der Waals surface area contributed by atoms with Crippen molar-refractivity contribution >= 4 is 11.9 Å². The second-order valence-electron chi connectivity index (χ2n) is 4.18. The van der Waals surface area contributed by atoms with Crippen molar-refractivity contribution in [3.05, 3.63) is 0 Å². The lowest BCUT2D eigenvalue weighted by Gasteiger charge is -2.25. The van der Waals surface area contributed by atoms with Gasteiger partial charge >= 0.3 is 18.1 Å². The number of halogens is 3. The maximum Gasteiger partial charge on any atom is 0.471 e. The summed E-state index contributed by atoms with van der Waals surface area (Å²) in [5.41, 5.74) is 0. The maximum atomic E-state index is 12.1. The first kappa shape index (κ1) is 16.7. The molecular weight excluding hydrogens is 283 g/mol. The summed E-state index contributed by atoms with van der Waals surface area (Å²) in [4.78, 5) is 22.1. The Bertz CT molecular complexity index is 341. The molecule has 1 unspecified atom stereocenters. The highest BCUT2D eigenvalue weighted by Gasteiger charge is 2.41. The molecule has 2 atom stereocenters. The van der Waals surface area contributed by atoms with E-state index in [-0.39, 0.29) is 0 Å². The van der Waals surface area contributed by atoms with Crippen molar-refractivity contribution in [1.29, 1.82) is 0 Å². The lowest BCUT2D eigenvalue weighted by atomic mass is 10.2. The highest BCUT2D eigenvalue weighted by Crippen LogP contribution is 2.16. The molecule has 0 spiro atoms. The van der Waals surface area contributed by atoms with Crippen LogP contribution in [0.15, 0.2) is 0 Å². The number of hydrogen-bond acceptors (Lipinski definition) is 5. The molecule has 1 rings (SSSR count). The third-order valence-electron chi connectivity index (χ3n) is 2.64. The van der Waals surface area contributed by atoms with Gasteiger partial charge in [0, 0.05) is 6.61 Å². The van der Waals surface area contributed by atoms with Crippen LogP contribution in [-0.4, -0.2) is 50.7 Å². The fourth-order valence-corrected chi connectivity index (χ4v) is 1.60. The monoisotopic (exact) mass is 299 g/mol. The van der Waals surface area contributed by atoms with E-state index in [1.807, 2.05) is 0 Å². The van der Waals surface area contributed by atoms with Gasteiger partial charge in [0.2, 0.25) is 0 Å². The molecule has 0 bridgehead atoms. The van der Waals surface area contributed by atoms with Crippen molar-refractivity contribution in [2.24, 2.45) is 0 Å². The van der Waals surface area contributed by atoms with Gasteiger partial charge in [-0.15, -0.1) is 0 Å². The van der Waals surface area contributed by atoms with Gasteiger partial charge in [-0.05, 0) is 19.3 Å². The van der Waals surface area contributed by atoms with E-state index < -0.39 is 37.0 Å². The van der Waals surface area contributed by atoms with Crippen LogP contribution in [0.3, 0.4) is 0 Å². The van der Waals surface area contributed by atoms with Crippen molar-refractivity contribution in [1.82, 2.24) is 5.32 Å². The molecule has 1 heterocycles. The zero-order valence-electron chi connectivity index (χ0n) is 10.9. The number of carbonyl (C=O) groups excluding carboxylic acids is 2. The van der Waals surface area contributed by atoms with Crippen molar-refractivity contribution < 1.29 is 37.0 Å². The number of amides is 1. The molecule has 1 aliphatic heterocycles. The molecule has 9 heteroatoms.